The predicted molar refractivity (Wildman–Crippen MR) is 71.9 cm³/mol. The Bertz CT molecular complexity index is 631. The number of nitriles is 1. The summed E-state index contributed by atoms with van der Waals surface area (Å²) in [5.74, 6) is -0.392. The van der Waals surface area contributed by atoms with Gasteiger partial charge in [-0.05, 0) is 17.7 Å². The molecule has 1 N–H and O–H groups in total. The van der Waals surface area contributed by atoms with Gasteiger partial charge in [0.1, 0.15) is 4.88 Å². The molecule has 0 saturated carbocycles. The van der Waals surface area contributed by atoms with E-state index in [0.717, 1.165) is 5.56 Å². The van der Waals surface area contributed by atoms with E-state index in [4.69, 9.17) is 5.26 Å². The van der Waals surface area contributed by atoms with Crippen molar-refractivity contribution in [1.29, 1.82) is 5.26 Å². The van der Waals surface area contributed by atoms with Crippen molar-refractivity contribution in [3.8, 4) is 6.07 Å². The van der Waals surface area contributed by atoms with Crippen LogP contribution in [-0.4, -0.2) is 18.1 Å². The van der Waals surface area contributed by atoms with Crippen molar-refractivity contribution in [3.05, 3.63) is 46.5 Å². The summed E-state index contributed by atoms with van der Waals surface area (Å²) in [6.45, 7) is 0.545. The summed E-state index contributed by atoms with van der Waals surface area (Å²) in [7, 11) is 1.34. The van der Waals surface area contributed by atoms with Crippen molar-refractivity contribution < 1.29 is 9.53 Å². The van der Waals surface area contributed by atoms with Crippen LogP contribution in [0.1, 0.15) is 20.8 Å². The topological polar surface area (TPSA) is 75.0 Å². The van der Waals surface area contributed by atoms with Crippen molar-refractivity contribution >= 4 is 22.4 Å². The van der Waals surface area contributed by atoms with Gasteiger partial charge >= 0.3 is 5.97 Å². The van der Waals surface area contributed by atoms with E-state index in [2.05, 4.69) is 21.1 Å². The van der Waals surface area contributed by atoms with Gasteiger partial charge in [0.15, 0.2) is 5.13 Å². The number of carbonyl (C=O) groups is 1. The lowest BCUT2D eigenvalue weighted by Gasteiger charge is -2.02. The number of esters is 1. The Labute approximate surface area is 114 Å². The van der Waals surface area contributed by atoms with E-state index in [1.807, 2.05) is 18.2 Å². The molecule has 0 atom stereocenters. The van der Waals surface area contributed by atoms with Gasteiger partial charge in [-0.3, -0.25) is 0 Å². The first-order valence-corrected chi connectivity index (χ1v) is 6.31. The van der Waals surface area contributed by atoms with Crippen LogP contribution >= 0.6 is 11.3 Å². The van der Waals surface area contributed by atoms with Crippen LogP contribution in [0.25, 0.3) is 0 Å². The van der Waals surface area contributed by atoms with E-state index >= 15 is 0 Å². The Morgan fingerprint density at radius 1 is 1.58 bits per heavy atom. The minimum absolute atomic E-state index is 0.392. The van der Waals surface area contributed by atoms with Crippen LogP contribution in [0, 0.1) is 11.3 Å². The molecule has 1 aromatic carbocycles. The van der Waals surface area contributed by atoms with E-state index in [-0.39, 0.29) is 0 Å². The van der Waals surface area contributed by atoms with E-state index in [1.165, 1.54) is 24.6 Å². The fraction of sp³-hybridized carbons (Fsp3) is 0.154. The van der Waals surface area contributed by atoms with Gasteiger partial charge in [0.2, 0.25) is 0 Å². The Hall–Kier alpha value is -2.39. The summed E-state index contributed by atoms with van der Waals surface area (Å²) in [5.41, 5.74) is 1.60. The lowest BCUT2D eigenvalue weighted by Crippen LogP contribution is -1.99. The molecule has 0 unspecified atom stereocenters. The minimum atomic E-state index is -0.392. The normalized spacial score (nSPS) is 9.68. The Kier molecular flexibility index (Phi) is 4.11. The predicted octanol–water partition coefficient (Wildman–Crippen LogP) is 2.41. The molecule has 6 heteroatoms. The third-order valence-electron chi connectivity index (χ3n) is 2.39. The van der Waals surface area contributed by atoms with Crippen LogP contribution in [0.5, 0.6) is 0 Å². The zero-order valence-electron chi connectivity index (χ0n) is 10.2. The quantitative estimate of drug-likeness (QED) is 0.866. The standard InChI is InChI=1S/C13H11N3O2S/c1-18-12(17)11-8-16-13(19-11)15-7-10-4-2-3-9(5-10)6-14/h2-5,8H,7H2,1H3,(H,15,16). The third kappa shape index (κ3) is 3.30. The second-order valence-corrected chi connectivity index (χ2v) is 4.72. The molecular weight excluding hydrogens is 262 g/mol. The van der Waals surface area contributed by atoms with Crippen molar-refractivity contribution in [1.82, 2.24) is 4.98 Å². The molecule has 5 nitrogen and oxygen atoms in total. The number of hydrogen-bond acceptors (Lipinski definition) is 6. The van der Waals surface area contributed by atoms with Gasteiger partial charge in [0, 0.05) is 6.54 Å². The average Bonchev–Trinajstić information content (AvgIpc) is 2.93. The number of nitrogens with one attached hydrogen (secondary N) is 1. The number of benzene rings is 1. The highest BCUT2D eigenvalue weighted by molar-refractivity contribution is 7.17. The van der Waals surface area contributed by atoms with Crippen molar-refractivity contribution in [2.75, 3.05) is 12.4 Å². The summed E-state index contributed by atoms with van der Waals surface area (Å²) < 4.78 is 4.61. The molecule has 2 aromatic rings. The van der Waals surface area contributed by atoms with Crippen LogP contribution in [0.15, 0.2) is 30.5 Å². The largest absolute Gasteiger partial charge is 0.465 e. The summed E-state index contributed by atoms with van der Waals surface area (Å²) in [6, 6.07) is 9.40. The van der Waals surface area contributed by atoms with E-state index in [9.17, 15) is 4.79 Å². The average molecular weight is 273 g/mol. The highest BCUT2D eigenvalue weighted by atomic mass is 32.1. The number of hydrogen-bond donors (Lipinski definition) is 1. The number of anilines is 1. The summed E-state index contributed by atoms with van der Waals surface area (Å²) in [5, 5.41) is 12.6. The number of thiazole rings is 1. The molecule has 0 fully saturated rings. The fourth-order valence-electron chi connectivity index (χ4n) is 1.48. The van der Waals surface area contributed by atoms with Crippen molar-refractivity contribution in [2.24, 2.45) is 0 Å². The van der Waals surface area contributed by atoms with Gasteiger partial charge in [-0.1, -0.05) is 23.5 Å². The molecule has 0 aliphatic heterocycles. The molecule has 96 valence electrons. The summed E-state index contributed by atoms with van der Waals surface area (Å²) in [6.07, 6.45) is 1.48. The van der Waals surface area contributed by atoms with Crippen LogP contribution in [-0.2, 0) is 11.3 Å². The third-order valence-corrected chi connectivity index (χ3v) is 3.33. The van der Waals surface area contributed by atoms with Crippen molar-refractivity contribution in [3.63, 3.8) is 0 Å². The number of aromatic nitrogens is 1. The highest BCUT2D eigenvalue weighted by Crippen LogP contribution is 2.19. The molecule has 0 aliphatic rings. The molecule has 0 spiro atoms. The zero-order valence-corrected chi connectivity index (χ0v) is 11.0. The zero-order chi connectivity index (χ0) is 13.7. The molecule has 0 amide bonds. The first-order valence-electron chi connectivity index (χ1n) is 5.50. The number of ether oxygens (including phenoxy) is 1. The fourth-order valence-corrected chi connectivity index (χ4v) is 2.21. The Morgan fingerprint density at radius 3 is 3.16 bits per heavy atom. The molecule has 2 rings (SSSR count). The van der Waals surface area contributed by atoms with Gasteiger partial charge < -0.3 is 10.1 Å². The lowest BCUT2D eigenvalue weighted by atomic mass is 10.1. The van der Waals surface area contributed by atoms with E-state index < -0.39 is 5.97 Å². The second-order valence-electron chi connectivity index (χ2n) is 3.69. The van der Waals surface area contributed by atoms with Crippen molar-refractivity contribution in [2.45, 2.75) is 6.54 Å². The van der Waals surface area contributed by atoms with Gasteiger partial charge in [0.05, 0.1) is 24.9 Å². The van der Waals surface area contributed by atoms with Crippen LogP contribution in [0.2, 0.25) is 0 Å². The molecule has 1 heterocycles. The molecule has 0 aliphatic carbocycles. The van der Waals surface area contributed by atoms with E-state index in [0.29, 0.717) is 22.1 Å². The second kappa shape index (κ2) is 5.98. The lowest BCUT2D eigenvalue weighted by molar-refractivity contribution is 0.0606. The smallest absolute Gasteiger partial charge is 0.349 e. The van der Waals surface area contributed by atoms with Crippen LogP contribution in [0.3, 0.4) is 0 Å². The van der Waals surface area contributed by atoms with Crippen LogP contribution < -0.4 is 5.32 Å². The molecule has 0 saturated heterocycles. The van der Waals surface area contributed by atoms with Gasteiger partial charge in [0.25, 0.3) is 0 Å². The van der Waals surface area contributed by atoms with E-state index in [1.54, 1.807) is 6.07 Å². The SMILES string of the molecule is COC(=O)c1cnc(NCc2cccc(C#N)c2)s1. The molecule has 0 bridgehead atoms. The van der Waals surface area contributed by atoms with Crippen LogP contribution in [0.4, 0.5) is 5.13 Å². The number of rotatable bonds is 4. The number of nitrogens with zero attached hydrogens (tertiary/aromatic N) is 2. The number of carbonyl (C=O) groups excluding carboxylic acids is 1. The first-order chi connectivity index (χ1) is 9.22. The maximum atomic E-state index is 11.3. The number of methoxy groups -OCH3 is 1. The maximum Gasteiger partial charge on any atom is 0.349 e. The first kappa shape index (κ1) is 13.1. The monoisotopic (exact) mass is 273 g/mol. The van der Waals surface area contributed by atoms with Gasteiger partial charge in [-0.2, -0.15) is 5.26 Å². The molecule has 19 heavy (non-hydrogen) atoms. The Morgan fingerprint density at radius 2 is 2.42 bits per heavy atom. The maximum absolute atomic E-state index is 11.3. The molecule has 1 aromatic heterocycles. The summed E-state index contributed by atoms with van der Waals surface area (Å²) in [4.78, 5) is 15.8. The van der Waals surface area contributed by atoms with Gasteiger partial charge in [-0.15, -0.1) is 0 Å². The van der Waals surface area contributed by atoms with Gasteiger partial charge in [-0.25, -0.2) is 9.78 Å². The summed E-state index contributed by atoms with van der Waals surface area (Å²) >= 11 is 1.23. The highest BCUT2D eigenvalue weighted by Gasteiger charge is 2.10. The molecular formula is C13H11N3O2S. The Balaban J connectivity index is 2.00. The molecule has 0 radical (unpaired) electrons. The minimum Gasteiger partial charge on any atom is -0.465 e.